The molecule has 0 bridgehead atoms. The van der Waals surface area contributed by atoms with Crippen molar-refractivity contribution >= 4 is 12.4 Å². The van der Waals surface area contributed by atoms with Gasteiger partial charge in [-0.2, -0.15) is 0 Å². The van der Waals surface area contributed by atoms with Crippen LogP contribution in [0.4, 0.5) is 0 Å². The minimum Gasteiger partial charge on any atom is -0.491 e. The average Bonchev–Trinajstić information content (AvgIpc) is 2.08. The molecule has 0 spiro atoms. The van der Waals surface area contributed by atoms with Gasteiger partial charge in [-0.25, -0.2) is 0 Å². The van der Waals surface area contributed by atoms with Gasteiger partial charge in [-0.3, -0.25) is 0 Å². The minimum atomic E-state index is 0. The van der Waals surface area contributed by atoms with E-state index in [0.29, 0.717) is 6.54 Å². The number of benzene rings is 1. The molecule has 0 atom stereocenters. The highest BCUT2D eigenvalue weighted by molar-refractivity contribution is 5.85. The second-order valence-corrected chi connectivity index (χ2v) is 3.35. The van der Waals surface area contributed by atoms with E-state index >= 15 is 0 Å². The van der Waals surface area contributed by atoms with Crippen molar-refractivity contribution in [2.24, 2.45) is 5.73 Å². The molecule has 0 saturated carbocycles. The maximum atomic E-state index is 5.52. The van der Waals surface area contributed by atoms with E-state index in [9.17, 15) is 0 Å². The first-order chi connectivity index (χ1) is 6.22. The third kappa shape index (κ3) is 4.49. The van der Waals surface area contributed by atoms with E-state index in [1.807, 2.05) is 26.0 Å². The second-order valence-electron chi connectivity index (χ2n) is 3.35. The quantitative estimate of drug-likeness (QED) is 0.837. The Labute approximate surface area is 91.9 Å². The van der Waals surface area contributed by atoms with Crippen LogP contribution in [0.3, 0.4) is 0 Å². The van der Waals surface area contributed by atoms with Crippen LogP contribution >= 0.6 is 12.4 Å². The van der Waals surface area contributed by atoms with Crippen LogP contribution in [0.15, 0.2) is 24.3 Å². The fourth-order valence-electron chi connectivity index (χ4n) is 1.17. The van der Waals surface area contributed by atoms with E-state index in [0.717, 1.165) is 12.2 Å². The molecule has 1 aromatic carbocycles. The van der Waals surface area contributed by atoms with Gasteiger partial charge in [0.1, 0.15) is 5.75 Å². The van der Waals surface area contributed by atoms with E-state index in [-0.39, 0.29) is 18.5 Å². The Hall–Kier alpha value is -0.730. The number of hydrogen-bond donors (Lipinski definition) is 1. The molecule has 0 unspecified atom stereocenters. The molecule has 80 valence electrons. The molecule has 0 aliphatic heterocycles. The molecule has 0 radical (unpaired) electrons. The summed E-state index contributed by atoms with van der Waals surface area (Å²) in [6.07, 6.45) is 1.17. The average molecular weight is 216 g/mol. The summed E-state index contributed by atoms with van der Waals surface area (Å²) in [7, 11) is 0. The fourth-order valence-corrected chi connectivity index (χ4v) is 1.17. The molecule has 0 heterocycles. The zero-order chi connectivity index (χ0) is 9.68. The lowest BCUT2D eigenvalue weighted by molar-refractivity contribution is 0.242. The molecular formula is C11H18ClNO. The molecule has 2 nitrogen and oxygen atoms in total. The number of halogens is 1. The normalized spacial score (nSPS) is 9.71. The number of nitrogens with two attached hydrogens (primary N) is 1. The zero-order valence-electron chi connectivity index (χ0n) is 8.69. The Kier molecular flexibility index (Phi) is 6.34. The molecule has 1 aromatic rings. The predicted molar refractivity (Wildman–Crippen MR) is 62.2 cm³/mol. The van der Waals surface area contributed by atoms with Crippen molar-refractivity contribution in [1.29, 1.82) is 0 Å². The maximum absolute atomic E-state index is 5.52. The first kappa shape index (κ1) is 13.3. The Morgan fingerprint density at radius 1 is 1.21 bits per heavy atom. The van der Waals surface area contributed by atoms with Crippen molar-refractivity contribution in [3.63, 3.8) is 0 Å². The van der Waals surface area contributed by atoms with Crippen LogP contribution < -0.4 is 10.5 Å². The van der Waals surface area contributed by atoms with Crippen molar-refractivity contribution in [3.8, 4) is 5.75 Å². The Balaban J connectivity index is 0.00000169. The van der Waals surface area contributed by atoms with Crippen LogP contribution in [0.1, 0.15) is 19.4 Å². The van der Waals surface area contributed by atoms with E-state index in [1.165, 1.54) is 5.56 Å². The second kappa shape index (κ2) is 6.68. The van der Waals surface area contributed by atoms with Gasteiger partial charge in [0.05, 0.1) is 6.10 Å². The highest BCUT2D eigenvalue weighted by atomic mass is 35.5. The van der Waals surface area contributed by atoms with Gasteiger partial charge in [-0.1, -0.05) is 12.1 Å². The largest absolute Gasteiger partial charge is 0.491 e. The van der Waals surface area contributed by atoms with Gasteiger partial charge in [0.15, 0.2) is 0 Å². The van der Waals surface area contributed by atoms with Gasteiger partial charge in [0.25, 0.3) is 0 Å². The van der Waals surface area contributed by atoms with E-state index in [1.54, 1.807) is 0 Å². The molecule has 0 aliphatic carbocycles. The van der Waals surface area contributed by atoms with E-state index in [4.69, 9.17) is 10.5 Å². The van der Waals surface area contributed by atoms with Crippen molar-refractivity contribution in [2.45, 2.75) is 26.4 Å². The summed E-state index contributed by atoms with van der Waals surface area (Å²) in [4.78, 5) is 0. The summed E-state index contributed by atoms with van der Waals surface area (Å²) >= 11 is 0. The van der Waals surface area contributed by atoms with Gasteiger partial charge in [0, 0.05) is 0 Å². The highest BCUT2D eigenvalue weighted by Crippen LogP contribution is 2.13. The maximum Gasteiger partial charge on any atom is 0.119 e. The van der Waals surface area contributed by atoms with Gasteiger partial charge < -0.3 is 10.5 Å². The van der Waals surface area contributed by atoms with E-state index in [2.05, 4.69) is 12.1 Å². The van der Waals surface area contributed by atoms with Crippen LogP contribution in [0.5, 0.6) is 5.75 Å². The molecule has 0 aromatic heterocycles. The molecule has 14 heavy (non-hydrogen) atoms. The SMILES string of the molecule is CC(C)Oc1ccc(CCN)cc1.Cl. The van der Waals surface area contributed by atoms with Crippen LogP contribution in [-0.2, 0) is 6.42 Å². The van der Waals surface area contributed by atoms with E-state index < -0.39 is 0 Å². The molecule has 0 saturated heterocycles. The van der Waals surface area contributed by atoms with Crippen LogP contribution in [0, 0.1) is 0 Å². The third-order valence-corrected chi connectivity index (χ3v) is 1.73. The first-order valence-electron chi connectivity index (χ1n) is 4.68. The van der Waals surface area contributed by atoms with Gasteiger partial charge in [-0.05, 0) is 44.5 Å². The molecule has 0 fully saturated rings. The standard InChI is InChI=1S/C11H17NO.ClH/c1-9(2)13-11-5-3-10(4-6-11)7-8-12;/h3-6,9H,7-8,12H2,1-2H3;1H. The minimum absolute atomic E-state index is 0. The van der Waals surface area contributed by atoms with Crippen LogP contribution in [-0.4, -0.2) is 12.6 Å². The van der Waals surface area contributed by atoms with Gasteiger partial charge in [-0.15, -0.1) is 12.4 Å². The van der Waals surface area contributed by atoms with Crippen LogP contribution in [0.2, 0.25) is 0 Å². The first-order valence-corrected chi connectivity index (χ1v) is 4.68. The highest BCUT2D eigenvalue weighted by Gasteiger charge is 1.96. The number of hydrogen-bond acceptors (Lipinski definition) is 2. The lowest BCUT2D eigenvalue weighted by atomic mass is 10.1. The van der Waals surface area contributed by atoms with Crippen molar-refractivity contribution in [1.82, 2.24) is 0 Å². The Bertz CT molecular complexity index is 246. The molecule has 0 amide bonds. The summed E-state index contributed by atoms with van der Waals surface area (Å²) in [5.74, 6) is 0.927. The lowest BCUT2D eigenvalue weighted by Gasteiger charge is -2.09. The van der Waals surface area contributed by atoms with Gasteiger partial charge in [0.2, 0.25) is 0 Å². The molecule has 2 N–H and O–H groups in total. The summed E-state index contributed by atoms with van der Waals surface area (Å²) in [6.45, 7) is 4.74. The fraction of sp³-hybridized carbons (Fsp3) is 0.455. The molecule has 0 aliphatic rings. The third-order valence-electron chi connectivity index (χ3n) is 1.73. The smallest absolute Gasteiger partial charge is 0.119 e. The monoisotopic (exact) mass is 215 g/mol. The Morgan fingerprint density at radius 2 is 1.79 bits per heavy atom. The molecule has 3 heteroatoms. The van der Waals surface area contributed by atoms with Gasteiger partial charge >= 0.3 is 0 Å². The summed E-state index contributed by atoms with van der Waals surface area (Å²) in [6, 6.07) is 8.10. The van der Waals surface area contributed by atoms with Crippen molar-refractivity contribution in [3.05, 3.63) is 29.8 Å². The predicted octanol–water partition coefficient (Wildman–Crippen LogP) is 2.40. The summed E-state index contributed by atoms with van der Waals surface area (Å²) in [5.41, 5.74) is 6.71. The lowest BCUT2D eigenvalue weighted by Crippen LogP contribution is -2.06. The van der Waals surface area contributed by atoms with Crippen molar-refractivity contribution < 1.29 is 4.74 Å². The number of rotatable bonds is 4. The van der Waals surface area contributed by atoms with Crippen molar-refractivity contribution in [2.75, 3.05) is 6.54 Å². The topological polar surface area (TPSA) is 35.2 Å². The van der Waals surface area contributed by atoms with Crippen LogP contribution in [0.25, 0.3) is 0 Å². The number of ether oxygens (including phenoxy) is 1. The zero-order valence-corrected chi connectivity index (χ0v) is 9.51. The summed E-state index contributed by atoms with van der Waals surface area (Å²) < 4.78 is 5.52. The Morgan fingerprint density at radius 3 is 2.21 bits per heavy atom. The molecule has 1 rings (SSSR count). The summed E-state index contributed by atoms with van der Waals surface area (Å²) in [5, 5.41) is 0. The molecular weight excluding hydrogens is 198 g/mol.